The van der Waals surface area contributed by atoms with E-state index in [9.17, 15) is 19.0 Å². The molecule has 0 saturated heterocycles. The molecule has 0 rings (SSSR count). The first-order valence-electron chi connectivity index (χ1n) is 30.6. The average molecular weight is 1060 g/mol. The van der Waals surface area contributed by atoms with Crippen LogP contribution in [0.25, 0.3) is 0 Å². The van der Waals surface area contributed by atoms with E-state index in [1.54, 1.807) is 0 Å². The second kappa shape index (κ2) is 59.4. The minimum Gasteiger partial charge on any atom is -0.462 e. The number of carbonyl (C=O) groups is 2. The van der Waals surface area contributed by atoms with E-state index >= 15 is 0 Å². The maximum Gasteiger partial charge on any atom is 0.472 e. The molecule has 428 valence electrons. The van der Waals surface area contributed by atoms with Crippen LogP contribution >= 0.6 is 7.82 Å². The Morgan fingerprint density at radius 1 is 0.419 bits per heavy atom. The minimum atomic E-state index is -4.39. The Morgan fingerprint density at radius 3 is 1.11 bits per heavy atom. The summed E-state index contributed by atoms with van der Waals surface area (Å²) in [6, 6.07) is 0. The molecule has 0 fully saturated rings. The van der Waals surface area contributed by atoms with Crippen molar-refractivity contribution in [3.63, 3.8) is 0 Å². The quantitative estimate of drug-likeness (QED) is 0.0264. The summed E-state index contributed by atoms with van der Waals surface area (Å²) in [5, 5.41) is 0. The molecule has 0 spiro atoms. The van der Waals surface area contributed by atoms with Gasteiger partial charge in [-0.05, 0) is 70.6 Å². The van der Waals surface area contributed by atoms with Gasteiger partial charge in [-0.2, -0.15) is 0 Å². The minimum absolute atomic E-state index is 0.0522. The summed E-state index contributed by atoms with van der Waals surface area (Å²) in [4.78, 5) is 35.2. The molecule has 0 bridgehead atoms. The summed E-state index contributed by atoms with van der Waals surface area (Å²) in [7, 11) is -4.39. The van der Waals surface area contributed by atoms with Crippen LogP contribution in [0.2, 0.25) is 0 Å². The van der Waals surface area contributed by atoms with Gasteiger partial charge < -0.3 is 20.1 Å². The molecule has 0 amide bonds. The molecule has 0 aliphatic carbocycles. The van der Waals surface area contributed by atoms with Crippen molar-refractivity contribution in [2.24, 2.45) is 5.73 Å². The Labute approximate surface area is 455 Å². The topological polar surface area (TPSA) is 134 Å². The van der Waals surface area contributed by atoms with Gasteiger partial charge in [-0.1, -0.05) is 279 Å². The van der Waals surface area contributed by atoms with Crippen LogP contribution in [0, 0.1) is 0 Å². The normalized spacial score (nSPS) is 13.6. The molecule has 10 heteroatoms. The SMILES string of the molecule is CC/C=C\C/C=C\C/C=C\C/C=C\C/C=C\C/C=C\C/C=C\CCCCCCCCCCCCCCCC(=O)OC(COC(=O)CCCCCCCCCCCCCCCCCCCC)COP(=O)(O)OCCN. The fraction of sp³-hybridized carbons (Fsp3) is 0.750. The Morgan fingerprint density at radius 2 is 0.743 bits per heavy atom. The van der Waals surface area contributed by atoms with E-state index in [0.717, 1.165) is 83.5 Å². The molecular formula is C64H114NO8P. The lowest BCUT2D eigenvalue weighted by Crippen LogP contribution is -2.29. The number of phosphoric acid groups is 1. The fourth-order valence-corrected chi connectivity index (χ4v) is 9.32. The third kappa shape index (κ3) is 58.5. The highest BCUT2D eigenvalue weighted by molar-refractivity contribution is 7.47. The summed E-state index contributed by atoms with van der Waals surface area (Å²) in [5.41, 5.74) is 5.38. The van der Waals surface area contributed by atoms with Gasteiger partial charge in [0.25, 0.3) is 0 Å². The molecule has 0 aliphatic heterocycles. The standard InChI is InChI=1S/C64H114NO8P/c1-3-5-7-9-11-13-15-17-19-21-23-24-25-26-27-28-29-30-31-32-33-34-35-36-37-38-39-41-43-45-47-49-51-53-55-57-64(67)73-62(61-72-74(68,69)71-59-58-65)60-70-63(66)56-54-52-50-48-46-44-42-40-22-20-18-16-14-12-10-8-6-4-2/h5,7,11,13,17,19,23-24,26-27,29-30,32-33,62H,3-4,6,8-10,12,14-16,18,20-22,25,28,31,34-61,65H2,1-2H3,(H,68,69)/b7-5-,13-11-,19-17-,24-23-,27-26-,30-29-,33-32-. The van der Waals surface area contributed by atoms with Crippen molar-refractivity contribution < 1.29 is 37.6 Å². The van der Waals surface area contributed by atoms with Gasteiger partial charge in [0.05, 0.1) is 13.2 Å². The van der Waals surface area contributed by atoms with Crippen LogP contribution in [0.3, 0.4) is 0 Å². The van der Waals surface area contributed by atoms with Crippen molar-refractivity contribution in [1.29, 1.82) is 0 Å². The highest BCUT2D eigenvalue weighted by atomic mass is 31.2. The third-order valence-electron chi connectivity index (χ3n) is 13.0. The number of esters is 2. The fourth-order valence-electron chi connectivity index (χ4n) is 8.56. The van der Waals surface area contributed by atoms with Crippen molar-refractivity contribution in [2.45, 2.75) is 283 Å². The summed E-state index contributed by atoms with van der Waals surface area (Å²) in [6.07, 6.45) is 77.9. The monoisotopic (exact) mass is 1060 g/mol. The summed E-state index contributed by atoms with van der Waals surface area (Å²) in [6.45, 7) is 3.66. The smallest absolute Gasteiger partial charge is 0.462 e. The van der Waals surface area contributed by atoms with Crippen molar-refractivity contribution in [3.05, 3.63) is 85.1 Å². The first-order chi connectivity index (χ1) is 36.3. The number of phosphoric ester groups is 1. The highest BCUT2D eigenvalue weighted by Crippen LogP contribution is 2.43. The third-order valence-corrected chi connectivity index (χ3v) is 14.0. The maximum absolute atomic E-state index is 12.7. The van der Waals surface area contributed by atoms with Crippen molar-refractivity contribution in [2.75, 3.05) is 26.4 Å². The number of allylic oxidation sites excluding steroid dienone is 14. The highest BCUT2D eigenvalue weighted by Gasteiger charge is 2.26. The number of carbonyl (C=O) groups excluding carboxylic acids is 2. The largest absolute Gasteiger partial charge is 0.472 e. The average Bonchev–Trinajstić information content (AvgIpc) is 3.39. The zero-order valence-corrected chi connectivity index (χ0v) is 48.7. The Bertz CT molecular complexity index is 1480. The van der Waals surface area contributed by atoms with E-state index < -0.39 is 26.5 Å². The van der Waals surface area contributed by atoms with Crippen LogP contribution in [0.15, 0.2) is 85.1 Å². The molecular weight excluding hydrogens is 942 g/mol. The Balaban J connectivity index is 3.92. The first-order valence-corrected chi connectivity index (χ1v) is 32.1. The molecule has 0 saturated carbocycles. The van der Waals surface area contributed by atoms with Crippen LogP contribution < -0.4 is 5.73 Å². The van der Waals surface area contributed by atoms with Gasteiger partial charge in [0.15, 0.2) is 6.10 Å². The van der Waals surface area contributed by atoms with Crippen LogP contribution in [0.1, 0.15) is 277 Å². The van der Waals surface area contributed by atoms with Gasteiger partial charge in [-0.3, -0.25) is 18.6 Å². The molecule has 0 radical (unpaired) electrons. The number of rotatable bonds is 57. The van der Waals surface area contributed by atoms with Crippen LogP contribution in [-0.2, 0) is 32.7 Å². The van der Waals surface area contributed by atoms with Crippen molar-refractivity contribution >= 4 is 19.8 Å². The van der Waals surface area contributed by atoms with Gasteiger partial charge in [0, 0.05) is 19.4 Å². The molecule has 0 heterocycles. The number of hydrogen-bond donors (Lipinski definition) is 2. The lowest BCUT2D eigenvalue weighted by molar-refractivity contribution is -0.161. The maximum atomic E-state index is 12.7. The number of ether oxygens (including phenoxy) is 2. The second-order valence-corrected chi connectivity index (χ2v) is 21.7. The molecule has 3 N–H and O–H groups in total. The molecule has 2 unspecified atom stereocenters. The zero-order valence-electron chi connectivity index (χ0n) is 47.8. The van der Waals surface area contributed by atoms with Crippen LogP contribution in [-0.4, -0.2) is 49.3 Å². The van der Waals surface area contributed by atoms with E-state index in [2.05, 4.69) is 98.9 Å². The molecule has 9 nitrogen and oxygen atoms in total. The van der Waals surface area contributed by atoms with E-state index in [1.165, 1.54) is 161 Å². The molecule has 0 aliphatic rings. The van der Waals surface area contributed by atoms with Crippen LogP contribution in [0.5, 0.6) is 0 Å². The van der Waals surface area contributed by atoms with E-state index in [-0.39, 0.29) is 38.6 Å². The first kappa shape index (κ1) is 71.2. The predicted molar refractivity (Wildman–Crippen MR) is 316 cm³/mol. The molecule has 0 aromatic carbocycles. The number of hydrogen-bond acceptors (Lipinski definition) is 8. The lowest BCUT2D eigenvalue weighted by Gasteiger charge is -2.19. The van der Waals surface area contributed by atoms with E-state index in [0.29, 0.717) is 6.42 Å². The van der Waals surface area contributed by atoms with E-state index in [1.807, 2.05) is 0 Å². The molecule has 0 aromatic rings. The van der Waals surface area contributed by atoms with Gasteiger partial charge in [-0.25, -0.2) is 4.57 Å². The lowest BCUT2D eigenvalue weighted by atomic mass is 10.0. The van der Waals surface area contributed by atoms with Crippen molar-refractivity contribution in [1.82, 2.24) is 0 Å². The van der Waals surface area contributed by atoms with Crippen molar-refractivity contribution in [3.8, 4) is 0 Å². The summed E-state index contributed by atoms with van der Waals surface area (Å²) >= 11 is 0. The molecule has 0 aromatic heterocycles. The number of unbranched alkanes of at least 4 members (excludes halogenated alkanes) is 30. The summed E-state index contributed by atoms with van der Waals surface area (Å²) < 4.78 is 33.1. The Hall–Kier alpha value is -2.81. The summed E-state index contributed by atoms with van der Waals surface area (Å²) in [5.74, 6) is -0.820. The Kier molecular flexibility index (Phi) is 57.2. The predicted octanol–water partition coefficient (Wildman–Crippen LogP) is 19.5. The van der Waals surface area contributed by atoms with Gasteiger partial charge >= 0.3 is 19.8 Å². The van der Waals surface area contributed by atoms with E-state index in [4.69, 9.17) is 24.3 Å². The van der Waals surface area contributed by atoms with Gasteiger partial charge in [0.1, 0.15) is 6.61 Å². The number of nitrogens with two attached hydrogens (primary N) is 1. The van der Waals surface area contributed by atoms with Crippen LogP contribution in [0.4, 0.5) is 0 Å². The molecule has 2 atom stereocenters. The zero-order chi connectivity index (χ0) is 53.8. The molecule has 74 heavy (non-hydrogen) atoms. The van der Waals surface area contributed by atoms with Gasteiger partial charge in [0.2, 0.25) is 0 Å². The second-order valence-electron chi connectivity index (χ2n) is 20.2. The van der Waals surface area contributed by atoms with Gasteiger partial charge in [-0.15, -0.1) is 0 Å².